The van der Waals surface area contributed by atoms with Crippen LogP contribution in [-0.4, -0.2) is 23.0 Å². The van der Waals surface area contributed by atoms with Crippen LogP contribution in [0, 0.1) is 6.92 Å². The number of para-hydroxylation sites is 1. The number of carbonyl (C=O) groups is 2. The van der Waals surface area contributed by atoms with Crippen molar-refractivity contribution in [3.05, 3.63) is 47.9 Å². The number of hydrogen-bond donors (Lipinski definition) is 2. The van der Waals surface area contributed by atoms with Crippen LogP contribution in [0.15, 0.2) is 40.9 Å². The van der Waals surface area contributed by atoms with Crippen molar-refractivity contribution in [3.8, 4) is 0 Å². The molecule has 6 nitrogen and oxygen atoms in total. The van der Waals surface area contributed by atoms with Gasteiger partial charge in [0.1, 0.15) is 6.04 Å². The molecule has 0 unspecified atom stereocenters. The molecule has 0 aliphatic heterocycles. The molecule has 1 atom stereocenters. The van der Waals surface area contributed by atoms with E-state index in [1.807, 2.05) is 18.2 Å². The summed E-state index contributed by atoms with van der Waals surface area (Å²) in [6, 6.07) is 9.85. The van der Waals surface area contributed by atoms with Gasteiger partial charge >= 0.3 is 0 Å². The monoisotopic (exact) mass is 273 g/mol. The fourth-order valence-corrected chi connectivity index (χ4v) is 1.58. The lowest BCUT2D eigenvalue weighted by Crippen LogP contribution is -2.41. The van der Waals surface area contributed by atoms with Crippen molar-refractivity contribution in [2.75, 3.05) is 5.32 Å². The third kappa shape index (κ3) is 3.44. The molecule has 20 heavy (non-hydrogen) atoms. The van der Waals surface area contributed by atoms with E-state index in [1.165, 1.54) is 6.07 Å². The van der Waals surface area contributed by atoms with Crippen LogP contribution >= 0.6 is 0 Å². The van der Waals surface area contributed by atoms with Crippen LogP contribution in [0.1, 0.15) is 23.2 Å². The molecule has 104 valence electrons. The Kier molecular flexibility index (Phi) is 4.14. The summed E-state index contributed by atoms with van der Waals surface area (Å²) < 4.78 is 4.83. The zero-order chi connectivity index (χ0) is 14.5. The molecule has 0 bridgehead atoms. The first-order valence-electron chi connectivity index (χ1n) is 6.16. The summed E-state index contributed by atoms with van der Waals surface area (Å²) >= 11 is 0. The van der Waals surface area contributed by atoms with Crippen LogP contribution in [0.25, 0.3) is 0 Å². The van der Waals surface area contributed by atoms with Gasteiger partial charge < -0.3 is 15.2 Å². The number of aryl methyl sites for hydroxylation is 1. The molecule has 2 N–H and O–H groups in total. The first-order chi connectivity index (χ1) is 9.56. The summed E-state index contributed by atoms with van der Waals surface area (Å²) in [4.78, 5) is 23.7. The molecule has 0 fully saturated rings. The Morgan fingerprint density at radius 1 is 1.25 bits per heavy atom. The molecule has 1 aromatic carbocycles. The molecule has 0 radical (unpaired) electrons. The molecule has 2 rings (SSSR count). The number of benzene rings is 1. The number of rotatable bonds is 4. The Balaban J connectivity index is 1.93. The summed E-state index contributed by atoms with van der Waals surface area (Å²) in [6.07, 6.45) is 0. The lowest BCUT2D eigenvalue weighted by molar-refractivity contribution is -0.117. The van der Waals surface area contributed by atoms with Gasteiger partial charge in [0, 0.05) is 11.8 Å². The highest BCUT2D eigenvalue weighted by atomic mass is 16.5. The second-order valence-corrected chi connectivity index (χ2v) is 4.38. The lowest BCUT2D eigenvalue weighted by Gasteiger charge is -2.12. The number of nitrogens with one attached hydrogen (secondary N) is 2. The van der Waals surface area contributed by atoms with Crippen molar-refractivity contribution in [3.63, 3.8) is 0 Å². The molecule has 0 aliphatic carbocycles. The van der Waals surface area contributed by atoms with Gasteiger partial charge in [-0.2, -0.15) is 0 Å². The van der Waals surface area contributed by atoms with E-state index >= 15 is 0 Å². The van der Waals surface area contributed by atoms with Gasteiger partial charge in [0.15, 0.2) is 0 Å². The number of carbonyl (C=O) groups excluding carboxylic acids is 2. The minimum atomic E-state index is -0.687. The van der Waals surface area contributed by atoms with Gasteiger partial charge in [-0.15, -0.1) is 0 Å². The Bertz CT molecular complexity index is 607. The van der Waals surface area contributed by atoms with Crippen molar-refractivity contribution < 1.29 is 14.1 Å². The van der Waals surface area contributed by atoms with Gasteiger partial charge in [-0.05, 0) is 26.0 Å². The highest BCUT2D eigenvalue weighted by Crippen LogP contribution is 2.06. The highest BCUT2D eigenvalue weighted by Gasteiger charge is 2.19. The zero-order valence-electron chi connectivity index (χ0n) is 11.2. The van der Waals surface area contributed by atoms with Gasteiger partial charge in [0.25, 0.3) is 5.91 Å². The number of aromatic nitrogens is 1. The molecular formula is C14H15N3O3. The maximum absolute atomic E-state index is 11.9. The Labute approximate surface area is 116 Å². The Morgan fingerprint density at radius 3 is 2.55 bits per heavy atom. The van der Waals surface area contributed by atoms with Gasteiger partial charge in [-0.1, -0.05) is 23.4 Å². The van der Waals surface area contributed by atoms with E-state index in [9.17, 15) is 9.59 Å². The first-order valence-corrected chi connectivity index (χ1v) is 6.16. The van der Waals surface area contributed by atoms with Crippen LogP contribution < -0.4 is 10.6 Å². The van der Waals surface area contributed by atoms with E-state index in [2.05, 4.69) is 15.8 Å². The molecule has 6 heteroatoms. The average molecular weight is 273 g/mol. The summed E-state index contributed by atoms with van der Waals surface area (Å²) in [7, 11) is 0. The quantitative estimate of drug-likeness (QED) is 0.888. The summed E-state index contributed by atoms with van der Waals surface area (Å²) in [5, 5.41) is 8.87. The standard InChI is InChI=1S/C14H15N3O3/c1-9-8-12(20-17-9)14(19)15-10(2)13(18)16-11-6-4-3-5-7-11/h3-8,10H,1-2H3,(H,15,19)(H,16,18)/t10-/m0/s1. The fourth-order valence-electron chi connectivity index (χ4n) is 1.58. The lowest BCUT2D eigenvalue weighted by atomic mass is 10.2. The van der Waals surface area contributed by atoms with E-state index < -0.39 is 11.9 Å². The molecule has 0 spiro atoms. The minimum Gasteiger partial charge on any atom is -0.351 e. The van der Waals surface area contributed by atoms with Crippen molar-refractivity contribution in [1.82, 2.24) is 10.5 Å². The summed E-state index contributed by atoms with van der Waals surface area (Å²) in [5.74, 6) is -0.691. The second-order valence-electron chi connectivity index (χ2n) is 4.38. The zero-order valence-corrected chi connectivity index (χ0v) is 11.2. The average Bonchev–Trinajstić information content (AvgIpc) is 2.86. The SMILES string of the molecule is Cc1cc(C(=O)N[C@@H](C)C(=O)Nc2ccccc2)on1. The van der Waals surface area contributed by atoms with E-state index in [4.69, 9.17) is 4.52 Å². The predicted molar refractivity (Wildman–Crippen MR) is 73.2 cm³/mol. The van der Waals surface area contributed by atoms with Crippen LogP contribution in [0.3, 0.4) is 0 Å². The number of nitrogens with zero attached hydrogens (tertiary/aromatic N) is 1. The van der Waals surface area contributed by atoms with Gasteiger partial charge in [0.05, 0.1) is 5.69 Å². The molecule has 1 aromatic heterocycles. The maximum atomic E-state index is 11.9. The molecule has 1 heterocycles. The summed E-state index contributed by atoms with van der Waals surface area (Å²) in [6.45, 7) is 3.31. The topological polar surface area (TPSA) is 84.2 Å². The maximum Gasteiger partial charge on any atom is 0.290 e. The fraction of sp³-hybridized carbons (Fsp3) is 0.214. The summed E-state index contributed by atoms with van der Waals surface area (Å²) in [5.41, 5.74) is 1.28. The number of anilines is 1. The second kappa shape index (κ2) is 6.01. The minimum absolute atomic E-state index is 0.0851. The van der Waals surface area contributed by atoms with Crippen LogP contribution in [0.4, 0.5) is 5.69 Å². The van der Waals surface area contributed by atoms with Crippen molar-refractivity contribution in [2.24, 2.45) is 0 Å². The van der Waals surface area contributed by atoms with Crippen LogP contribution in [0.2, 0.25) is 0 Å². The smallest absolute Gasteiger partial charge is 0.290 e. The number of hydrogen-bond acceptors (Lipinski definition) is 4. The van der Waals surface area contributed by atoms with Gasteiger partial charge in [0.2, 0.25) is 11.7 Å². The largest absolute Gasteiger partial charge is 0.351 e. The first kappa shape index (κ1) is 13.8. The van der Waals surface area contributed by atoms with Gasteiger partial charge in [-0.25, -0.2) is 0 Å². The molecule has 2 amide bonds. The van der Waals surface area contributed by atoms with Gasteiger partial charge in [-0.3, -0.25) is 9.59 Å². The molecule has 2 aromatic rings. The van der Waals surface area contributed by atoms with Crippen LogP contribution in [0.5, 0.6) is 0 Å². The molecule has 0 saturated heterocycles. The third-order valence-corrected chi connectivity index (χ3v) is 2.63. The predicted octanol–water partition coefficient (Wildman–Crippen LogP) is 1.74. The Hall–Kier alpha value is -2.63. The number of amides is 2. The highest BCUT2D eigenvalue weighted by molar-refractivity contribution is 5.99. The normalized spacial score (nSPS) is 11.7. The van der Waals surface area contributed by atoms with E-state index in [0.29, 0.717) is 11.4 Å². The van der Waals surface area contributed by atoms with Crippen molar-refractivity contribution in [2.45, 2.75) is 19.9 Å². The molecule has 0 aliphatic rings. The van der Waals surface area contributed by atoms with Crippen LogP contribution in [-0.2, 0) is 4.79 Å². The molecule has 0 saturated carbocycles. The van der Waals surface area contributed by atoms with E-state index in [0.717, 1.165) is 0 Å². The third-order valence-electron chi connectivity index (χ3n) is 2.63. The Morgan fingerprint density at radius 2 is 1.95 bits per heavy atom. The van der Waals surface area contributed by atoms with Crippen molar-refractivity contribution in [1.29, 1.82) is 0 Å². The van der Waals surface area contributed by atoms with Crippen molar-refractivity contribution >= 4 is 17.5 Å². The van der Waals surface area contributed by atoms with E-state index in [-0.39, 0.29) is 11.7 Å². The van der Waals surface area contributed by atoms with E-state index in [1.54, 1.807) is 26.0 Å². The molecular weight excluding hydrogens is 258 g/mol.